The van der Waals surface area contributed by atoms with E-state index in [-0.39, 0.29) is 92.1 Å². The average molecular weight is 705 g/mol. The van der Waals surface area contributed by atoms with E-state index in [2.05, 4.69) is 78.1 Å². The van der Waals surface area contributed by atoms with Crippen molar-refractivity contribution in [1.29, 1.82) is 0 Å². The number of rotatable bonds is 14. The van der Waals surface area contributed by atoms with Crippen LogP contribution in [0.25, 0.3) is 0 Å². The van der Waals surface area contributed by atoms with E-state index in [0.29, 0.717) is 6.54 Å². The molecule has 0 heterocycles. The van der Waals surface area contributed by atoms with Gasteiger partial charge in [0.05, 0.1) is 0 Å². The molecule has 5 nitrogen and oxygen atoms in total. The first kappa shape index (κ1) is 66.6. The average Bonchev–Trinajstić information content (AvgIpc) is 2.37. The first-order chi connectivity index (χ1) is 11.9. The molecule has 0 aromatic carbocycles. The number of hydrogen-bond acceptors (Lipinski definition) is 6. The van der Waals surface area contributed by atoms with Crippen molar-refractivity contribution in [3.63, 3.8) is 0 Å². The Kier molecular flexibility index (Phi) is 50.9. The standard InChI is InChI=1S/C16H45NO4SSi5.8CH4.Y/c1-23(2,3)18-25(7,8)20-27(10,16-12-14-22)21-26(9,15-11-13-17)19-24(4,5)6;;;;;;;;;/h22H,11-17H2,1-10H3;8*1H4;. The summed E-state index contributed by atoms with van der Waals surface area (Å²) in [5, 5.41) is 0. The van der Waals surface area contributed by atoms with Crippen molar-refractivity contribution < 1.29 is 49.2 Å². The van der Waals surface area contributed by atoms with Crippen LogP contribution < -0.4 is 5.73 Å². The molecule has 0 aromatic rings. The van der Waals surface area contributed by atoms with Crippen LogP contribution in [0.3, 0.4) is 0 Å². The maximum absolute atomic E-state index is 6.90. The maximum atomic E-state index is 6.90. The molecule has 0 aliphatic rings. The summed E-state index contributed by atoms with van der Waals surface area (Å²) in [4.78, 5) is 0. The fourth-order valence-electron chi connectivity index (χ4n) is 3.45. The minimum Gasteiger partial charge on any atom is -0.437 e. The summed E-state index contributed by atoms with van der Waals surface area (Å²) in [6, 6.07) is 1.83. The van der Waals surface area contributed by atoms with E-state index >= 15 is 0 Å². The molecule has 1 radical (unpaired) electrons. The van der Waals surface area contributed by atoms with Crippen molar-refractivity contribution >= 4 is 54.9 Å². The predicted molar refractivity (Wildman–Crippen MR) is 187 cm³/mol. The van der Waals surface area contributed by atoms with Crippen molar-refractivity contribution in [2.75, 3.05) is 12.3 Å². The van der Waals surface area contributed by atoms with Crippen LogP contribution in [-0.4, -0.2) is 54.6 Å². The molecule has 2 unspecified atom stereocenters. The minimum atomic E-state index is -2.46. The molecule has 0 bridgehead atoms. The molecule has 0 amide bonds. The largest absolute Gasteiger partial charge is 0.437 e. The van der Waals surface area contributed by atoms with Gasteiger partial charge in [0.2, 0.25) is 0 Å². The summed E-state index contributed by atoms with van der Waals surface area (Å²) in [5.41, 5.74) is 5.80. The molecule has 0 aliphatic heterocycles. The van der Waals surface area contributed by atoms with E-state index in [1.807, 2.05) is 0 Å². The number of hydrogen-bond donors (Lipinski definition) is 2. The second-order valence-electron chi connectivity index (χ2n) is 10.0. The minimum absolute atomic E-state index is 0. The Morgan fingerprint density at radius 3 is 1.17 bits per heavy atom. The van der Waals surface area contributed by atoms with Crippen molar-refractivity contribution in [3.8, 4) is 0 Å². The molecule has 12 heteroatoms. The zero-order valence-electron chi connectivity index (χ0n) is 20.0. The molecule has 231 valence electrons. The summed E-state index contributed by atoms with van der Waals surface area (Å²) in [7, 11) is -10.5. The van der Waals surface area contributed by atoms with Gasteiger partial charge in [-0.05, 0) is 103 Å². The Hall–Kier alpha value is 2.34. The Bertz CT molecular complexity index is 459. The molecule has 2 N–H and O–H groups in total. The van der Waals surface area contributed by atoms with Crippen LogP contribution >= 0.6 is 12.6 Å². The van der Waals surface area contributed by atoms with Gasteiger partial charge in [-0.3, -0.25) is 0 Å². The first-order valence-corrected chi connectivity index (χ1v) is 25.4. The van der Waals surface area contributed by atoms with Crippen molar-refractivity contribution in [1.82, 2.24) is 0 Å². The van der Waals surface area contributed by atoms with Crippen molar-refractivity contribution in [2.45, 2.75) is 150 Å². The fourth-order valence-corrected chi connectivity index (χ4v) is 27.7. The van der Waals surface area contributed by atoms with Crippen LogP contribution in [0.2, 0.25) is 77.6 Å². The van der Waals surface area contributed by atoms with Crippen LogP contribution in [0.1, 0.15) is 72.3 Å². The fraction of sp³-hybridized carbons (Fsp3) is 1.00. The van der Waals surface area contributed by atoms with Gasteiger partial charge in [-0.25, -0.2) is 0 Å². The molecule has 0 rings (SSSR count). The van der Waals surface area contributed by atoms with Gasteiger partial charge in [0.1, 0.15) is 0 Å². The summed E-state index contributed by atoms with van der Waals surface area (Å²) < 4.78 is 26.8. The molecule has 0 fully saturated rings. The summed E-state index contributed by atoms with van der Waals surface area (Å²) in [6.45, 7) is 22.7. The van der Waals surface area contributed by atoms with E-state index in [4.69, 9.17) is 22.2 Å². The zero-order valence-corrected chi connectivity index (χ0v) is 28.7. The summed E-state index contributed by atoms with van der Waals surface area (Å²) in [5.74, 6) is 0.835. The topological polar surface area (TPSA) is 62.9 Å². The van der Waals surface area contributed by atoms with Gasteiger partial charge >= 0.3 is 25.7 Å². The monoisotopic (exact) mass is 704 g/mol. The summed E-state index contributed by atoms with van der Waals surface area (Å²) >= 11 is 4.42. The van der Waals surface area contributed by atoms with Gasteiger partial charge in [0, 0.05) is 32.7 Å². The Morgan fingerprint density at radius 1 is 0.528 bits per heavy atom. The van der Waals surface area contributed by atoms with Gasteiger partial charge in [-0.1, -0.05) is 59.4 Å². The third-order valence-electron chi connectivity index (χ3n) is 3.59. The van der Waals surface area contributed by atoms with Crippen LogP contribution in [-0.2, 0) is 49.2 Å². The van der Waals surface area contributed by atoms with Crippen LogP contribution in [0.5, 0.6) is 0 Å². The van der Waals surface area contributed by atoms with E-state index in [1.165, 1.54) is 0 Å². The second-order valence-corrected chi connectivity index (χ2v) is 30.5. The van der Waals surface area contributed by atoms with E-state index in [0.717, 1.165) is 30.7 Å². The van der Waals surface area contributed by atoms with E-state index < -0.39 is 42.3 Å². The van der Waals surface area contributed by atoms with Gasteiger partial charge in [-0.15, -0.1) is 0 Å². The molecular formula is C24H77NO4SSi5Y. The Balaban J connectivity index is -0.0000000939. The zero-order chi connectivity index (χ0) is 21.6. The predicted octanol–water partition coefficient (Wildman–Crippen LogP) is 10.3. The normalized spacial score (nSPS) is 13.7. The SMILES string of the molecule is C.C.C.C.C.C.C.C.C[Si](C)(C)O[Si](C)(C)O[Si](C)(CCCS)O[Si](C)(CCCN)O[Si](C)(C)C.[Y]. The van der Waals surface area contributed by atoms with Gasteiger partial charge in [0.25, 0.3) is 0 Å². The van der Waals surface area contributed by atoms with Crippen LogP contribution in [0.15, 0.2) is 0 Å². The Labute approximate surface area is 269 Å². The smallest absolute Gasteiger partial charge is 0.317 e. The second kappa shape index (κ2) is 27.5. The molecule has 0 spiro atoms. The molecule has 0 saturated heterocycles. The van der Waals surface area contributed by atoms with Gasteiger partial charge in [-0.2, -0.15) is 12.6 Å². The molecule has 36 heavy (non-hydrogen) atoms. The molecule has 2 atom stereocenters. The molecule has 0 aromatic heterocycles. The van der Waals surface area contributed by atoms with Crippen molar-refractivity contribution in [3.05, 3.63) is 0 Å². The van der Waals surface area contributed by atoms with Gasteiger partial charge < -0.3 is 22.2 Å². The van der Waals surface area contributed by atoms with Crippen molar-refractivity contribution in [2.24, 2.45) is 5.73 Å². The van der Waals surface area contributed by atoms with E-state index in [9.17, 15) is 0 Å². The summed E-state index contributed by atoms with van der Waals surface area (Å²) in [6.07, 6.45) is 1.91. The third-order valence-corrected chi connectivity index (χ3v) is 22.2. The quantitative estimate of drug-likeness (QED) is 0.139. The number of nitrogens with two attached hydrogens (primary N) is 1. The molecule has 0 aliphatic carbocycles. The van der Waals surface area contributed by atoms with Crippen LogP contribution in [0, 0.1) is 0 Å². The molecular weight excluding hydrogens is 628 g/mol. The maximum Gasteiger partial charge on any atom is 0.317 e. The van der Waals surface area contributed by atoms with Gasteiger partial charge in [0.15, 0.2) is 16.6 Å². The molecule has 0 saturated carbocycles. The Morgan fingerprint density at radius 2 is 0.861 bits per heavy atom. The van der Waals surface area contributed by atoms with E-state index in [1.54, 1.807) is 0 Å². The third kappa shape index (κ3) is 34.4. The first-order valence-electron chi connectivity index (χ1n) is 10.1. The van der Waals surface area contributed by atoms with Crippen LogP contribution in [0.4, 0.5) is 0 Å². The number of thiol groups is 1.